The first kappa shape index (κ1) is 6.98. The Balaban J connectivity index is 2.91. The van der Waals surface area contributed by atoms with Gasteiger partial charge in [-0.15, -0.1) is 0 Å². The molecule has 0 aromatic heterocycles. The molecule has 2 N–H and O–H groups in total. The van der Waals surface area contributed by atoms with Crippen LogP contribution in [-0.2, 0) is 0 Å². The van der Waals surface area contributed by atoms with Crippen LogP contribution in [0.5, 0.6) is 11.5 Å². The van der Waals surface area contributed by atoms with E-state index >= 15 is 0 Å². The molecule has 0 unspecified atom stereocenters. The lowest BCUT2D eigenvalue weighted by molar-refractivity contribution is 0.408. The molecule has 0 heterocycles. The van der Waals surface area contributed by atoms with Crippen LogP contribution in [0.3, 0.4) is 0 Å². The number of phenols is 2. The fourth-order valence-electron chi connectivity index (χ4n) is 1.18. The summed E-state index contributed by atoms with van der Waals surface area (Å²) >= 11 is 0. The molecule has 2 nitrogen and oxygen atoms in total. The number of benzene rings is 2. The molecule has 2 aromatic carbocycles. The van der Waals surface area contributed by atoms with Gasteiger partial charge in [0.05, 0.1) is 0 Å². The van der Waals surface area contributed by atoms with Gasteiger partial charge in [0, 0.05) is 5.39 Å². The molecule has 0 aliphatic heterocycles. The first-order valence-corrected chi connectivity index (χ1v) is 3.60. The lowest BCUT2D eigenvalue weighted by Crippen LogP contribution is -1.73. The molecular formula is C10H7O2. The first-order valence-electron chi connectivity index (χ1n) is 3.60. The van der Waals surface area contributed by atoms with Crippen LogP contribution < -0.4 is 0 Å². The van der Waals surface area contributed by atoms with Gasteiger partial charge < -0.3 is 10.2 Å². The van der Waals surface area contributed by atoms with Gasteiger partial charge in [0.2, 0.25) is 0 Å². The van der Waals surface area contributed by atoms with Crippen molar-refractivity contribution in [3.8, 4) is 11.5 Å². The smallest absolute Gasteiger partial charge is 0.165 e. The lowest BCUT2D eigenvalue weighted by atomic mass is 10.1. The molecule has 0 amide bonds. The molecule has 0 fully saturated rings. The third kappa shape index (κ3) is 0.889. The Hall–Kier alpha value is -1.70. The standard InChI is InChI=1S/C10H7O2/c11-9-6-5-7-3-1-2-4-8(7)10(9)12/h1,3-6,11-12H. The van der Waals surface area contributed by atoms with Crippen molar-refractivity contribution in [3.63, 3.8) is 0 Å². The number of aromatic hydroxyl groups is 2. The summed E-state index contributed by atoms with van der Waals surface area (Å²) in [5.41, 5.74) is 0. The minimum Gasteiger partial charge on any atom is -0.504 e. The molecular weight excluding hydrogens is 152 g/mol. The summed E-state index contributed by atoms with van der Waals surface area (Å²) in [5.74, 6) is -0.175. The summed E-state index contributed by atoms with van der Waals surface area (Å²) in [5, 5.41) is 20.1. The molecule has 1 radical (unpaired) electrons. The summed E-state index contributed by atoms with van der Waals surface area (Å²) in [6, 6.07) is 11.3. The van der Waals surface area contributed by atoms with Crippen LogP contribution >= 0.6 is 0 Å². The van der Waals surface area contributed by atoms with Crippen molar-refractivity contribution in [2.45, 2.75) is 0 Å². The Labute approximate surface area is 69.7 Å². The molecule has 2 aromatic rings. The molecule has 12 heavy (non-hydrogen) atoms. The summed E-state index contributed by atoms with van der Waals surface area (Å²) in [4.78, 5) is 0. The maximum Gasteiger partial charge on any atom is 0.165 e. The number of hydrogen-bond donors (Lipinski definition) is 2. The molecule has 0 spiro atoms. The summed E-state index contributed by atoms with van der Waals surface area (Å²) < 4.78 is 0. The van der Waals surface area contributed by atoms with Crippen LogP contribution in [0.2, 0.25) is 0 Å². The van der Waals surface area contributed by atoms with Crippen molar-refractivity contribution in [1.82, 2.24) is 0 Å². The van der Waals surface area contributed by atoms with Gasteiger partial charge in [-0.1, -0.05) is 18.2 Å². The first-order chi connectivity index (χ1) is 5.79. The van der Waals surface area contributed by atoms with E-state index in [0.29, 0.717) is 5.39 Å². The summed E-state index contributed by atoms with van der Waals surface area (Å²) in [7, 11) is 0. The van der Waals surface area contributed by atoms with Gasteiger partial charge in [-0.3, -0.25) is 0 Å². The van der Waals surface area contributed by atoms with E-state index in [1.807, 2.05) is 6.07 Å². The zero-order valence-corrected chi connectivity index (χ0v) is 6.28. The highest BCUT2D eigenvalue weighted by Gasteiger charge is 2.02. The molecule has 0 aliphatic carbocycles. The van der Waals surface area contributed by atoms with Crippen LogP contribution in [0.1, 0.15) is 0 Å². The normalized spacial score (nSPS) is 10.3. The molecule has 2 rings (SSSR count). The van der Waals surface area contributed by atoms with E-state index < -0.39 is 0 Å². The van der Waals surface area contributed by atoms with E-state index in [4.69, 9.17) is 5.11 Å². The maximum atomic E-state index is 9.39. The Kier molecular flexibility index (Phi) is 1.40. The molecule has 59 valence electrons. The highest BCUT2D eigenvalue weighted by Crippen LogP contribution is 2.32. The van der Waals surface area contributed by atoms with Crippen molar-refractivity contribution < 1.29 is 10.2 Å². The van der Waals surface area contributed by atoms with E-state index in [-0.39, 0.29) is 11.5 Å². The van der Waals surface area contributed by atoms with Crippen molar-refractivity contribution >= 4 is 10.8 Å². The van der Waals surface area contributed by atoms with Crippen LogP contribution in [-0.4, -0.2) is 10.2 Å². The van der Waals surface area contributed by atoms with Gasteiger partial charge in [0.1, 0.15) is 0 Å². The number of phenolic OH excluding ortho intramolecular Hbond substituents is 2. The molecule has 2 heteroatoms. The minimum atomic E-state index is -0.0953. The molecule has 0 saturated heterocycles. The zero-order valence-electron chi connectivity index (χ0n) is 6.28. The second kappa shape index (κ2) is 2.41. The van der Waals surface area contributed by atoms with Crippen LogP contribution in [0.4, 0.5) is 0 Å². The largest absolute Gasteiger partial charge is 0.504 e. The zero-order chi connectivity index (χ0) is 8.55. The average Bonchev–Trinajstić information content (AvgIpc) is 2.12. The van der Waals surface area contributed by atoms with E-state index in [1.165, 1.54) is 6.07 Å². The topological polar surface area (TPSA) is 40.5 Å². The fraction of sp³-hybridized carbons (Fsp3) is 0. The maximum absolute atomic E-state index is 9.39. The highest BCUT2D eigenvalue weighted by atomic mass is 16.3. The molecule has 0 saturated carbocycles. The Morgan fingerprint density at radius 1 is 1.08 bits per heavy atom. The lowest BCUT2D eigenvalue weighted by Gasteiger charge is -2.01. The second-order valence-corrected chi connectivity index (χ2v) is 2.58. The summed E-state index contributed by atoms with van der Waals surface area (Å²) in [6.07, 6.45) is 0. The Morgan fingerprint density at radius 3 is 2.75 bits per heavy atom. The van der Waals surface area contributed by atoms with E-state index in [9.17, 15) is 5.11 Å². The average molecular weight is 159 g/mol. The molecule has 0 atom stereocenters. The van der Waals surface area contributed by atoms with Gasteiger partial charge in [-0.05, 0) is 23.6 Å². The van der Waals surface area contributed by atoms with Crippen molar-refractivity contribution in [2.24, 2.45) is 0 Å². The van der Waals surface area contributed by atoms with Crippen molar-refractivity contribution in [3.05, 3.63) is 36.4 Å². The fourth-order valence-corrected chi connectivity index (χ4v) is 1.18. The minimum absolute atomic E-state index is 0.0793. The third-order valence-electron chi connectivity index (χ3n) is 1.82. The third-order valence-corrected chi connectivity index (χ3v) is 1.82. The molecule has 0 bridgehead atoms. The second-order valence-electron chi connectivity index (χ2n) is 2.58. The van der Waals surface area contributed by atoms with Gasteiger partial charge in [0.25, 0.3) is 0 Å². The van der Waals surface area contributed by atoms with Crippen LogP contribution in [0, 0.1) is 6.07 Å². The van der Waals surface area contributed by atoms with Gasteiger partial charge in [-0.25, -0.2) is 0 Å². The SMILES string of the molecule is Oc1ccc2cc[c]cc2c1O. The predicted molar refractivity (Wildman–Crippen MR) is 46.1 cm³/mol. The monoisotopic (exact) mass is 159 g/mol. The van der Waals surface area contributed by atoms with Gasteiger partial charge in [0.15, 0.2) is 11.5 Å². The predicted octanol–water partition coefficient (Wildman–Crippen LogP) is 2.05. The van der Waals surface area contributed by atoms with Crippen molar-refractivity contribution in [1.29, 1.82) is 0 Å². The van der Waals surface area contributed by atoms with E-state index in [1.54, 1.807) is 18.2 Å². The number of hydrogen-bond acceptors (Lipinski definition) is 2. The van der Waals surface area contributed by atoms with E-state index in [0.717, 1.165) is 5.39 Å². The van der Waals surface area contributed by atoms with E-state index in [2.05, 4.69) is 6.07 Å². The van der Waals surface area contributed by atoms with Crippen molar-refractivity contribution in [2.75, 3.05) is 0 Å². The highest BCUT2D eigenvalue weighted by molar-refractivity contribution is 5.89. The van der Waals surface area contributed by atoms with Crippen LogP contribution in [0.15, 0.2) is 30.3 Å². The number of fused-ring (bicyclic) bond motifs is 1. The Morgan fingerprint density at radius 2 is 1.92 bits per heavy atom. The van der Waals surface area contributed by atoms with Crippen LogP contribution in [0.25, 0.3) is 10.8 Å². The summed E-state index contributed by atoms with van der Waals surface area (Å²) in [6.45, 7) is 0. The van der Waals surface area contributed by atoms with Gasteiger partial charge in [-0.2, -0.15) is 0 Å². The number of rotatable bonds is 0. The Bertz CT molecular complexity index is 421. The molecule has 0 aliphatic rings. The quantitative estimate of drug-likeness (QED) is 0.577. The van der Waals surface area contributed by atoms with Gasteiger partial charge >= 0.3 is 0 Å².